The van der Waals surface area contributed by atoms with Gasteiger partial charge in [0.05, 0.1) is 31.3 Å². The summed E-state index contributed by atoms with van der Waals surface area (Å²) in [4.78, 5) is 0.157. The van der Waals surface area contributed by atoms with Gasteiger partial charge in [-0.2, -0.15) is 8.42 Å². The Labute approximate surface area is 127 Å². The first-order valence-corrected chi connectivity index (χ1v) is 8.67. The highest BCUT2D eigenvalue weighted by Crippen LogP contribution is 2.10. The van der Waals surface area contributed by atoms with E-state index in [-0.39, 0.29) is 18.1 Å². The molecule has 0 radical (unpaired) electrons. The predicted molar refractivity (Wildman–Crippen MR) is 80.7 cm³/mol. The van der Waals surface area contributed by atoms with Crippen LogP contribution in [0.15, 0.2) is 35.2 Å². The van der Waals surface area contributed by atoms with Gasteiger partial charge in [-0.25, -0.2) is 0 Å². The number of hydrogen-bond donors (Lipinski definition) is 0. The monoisotopic (exact) mass is 316 g/mol. The molecule has 0 aliphatic heterocycles. The summed E-state index contributed by atoms with van der Waals surface area (Å²) in [5, 5.41) is 0. The Morgan fingerprint density at radius 1 is 0.857 bits per heavy atom. The molecule has 0 aliphatic carbocycles. The molecule has 1 aromatic carbocycles. The lowest BCUT2D eigenvalue weighted by Crippen LogP contribution is -2.13. The van der Waals surface area contributed by atoms with E-state index >= 15 is 0 Å². The lowest BCUT2D eigenvalue weighted by molar-refractivity contribution is 0.0360. The average molecular weight is 316 g/mol. The first-order chi connectivity index (χ1) is 10.2. The Balaban J connectivity index is 2.04. The molecule has 0 fully saturated rings. The molecule has 1 aromatic rings. The summed E-state index contributed by atoms with van der Waals surface area (Å²) in [7, 11) is -3.68. The Bertz CT molecular complexity index is 458. The Morgan fingerprint density at radius 3 is 2.14 bits per heavy atom. The Kier molecular flexibility index (Phi) is 9.25. The van der Waals surface area contributed by atoms with E-state index < -0.39 is 10.1 Å². The largest absolute Gasteiger partial charge is 0.379 e. The van der Waals surface area contributed by atoms with Gasteiger partial charge in [0.1, 0.15) is 0 Å². The van der Waals surface area contributed by atoms with Gasteiger partial charge in [-0.15, -0.1) is 0 Å². The molecule has 1 rings (SSSR count). The first kappa shape index (κ1) is 18.1. The van der Waals surface area contributed by atoms with Crippen LogP contribution in [0.4, 0.5) is 0 Å². The third kappa shape index (κ3) is 8.16. The molecule has 0 heterocycles. The maximum atomic E-state index is 11.8. The fourth-order valence-electron chi connectivity index (χ4n) is 1.63. The quantitative estimate of drug-likeness (QED) is 0.438. The van der Waals surface area contributed by atoms with E-state index in [1.807, 2.05) is 0 Å². The molecule has 0 amide bonds. The molecule has 21 heavy (non-hydrogen) atoms. The van der Waals surface area contributed by atoms with Gasteiger partial charge in [0, 0.05) is 6.61 Å². The summed E-state index contributed by atoms with van der Waals surface area (Å²) in [6.07, 6.45) is 3.41. The fourth-order valence-corrected chi connectivity index (χ4v) is 2.55. The summed E-state index contributed by atoms with van der Waals surface area (Å²) in [6, 6.07) is 8.06. The Hall–Kier alpha value is -0.950. The van der Waals surface area contributed by atoms with Crippen LogP contribution in [-0.4, -0.2) is 41.5 Å². The van der Waals surface area contributed by atoms with Gasteiger partial charge in [0.25, 0.3) is 10.1 Å². The van der Waals surface area contributed by atoms with E-state index in [4.69, 9.17) is 13.7 Å². The summed E-state index contributed by atoms with van der Waals surface area (Å²) >= 11 is 0. The lowest BCUT2D eigenvalue weighted by Gasteiger charge is -2.07. The van der Waals surface area contributed by atoms with Crippen molar-refractivity contribution in [3.05, 3.63) is 30.3 Å². The standard InChI is InChI=1S/C15H24O5S/c1-2-3-7-10-18-11-12-19-13-14-20-21(16,17)15-8-5-4-6-9-15/h4-6,8-9H,2-3,7,10-14H2,1H3. The molecule has 6 heteroatoms. The molecule has 0 atom stereocenters. The minimum atomic E-state index is -3.68. The van der Waals surface area contributed by atoms with Gasteiger partial charge < -0.3 is 9.47 Å². The highest BCUT2D eigenvalue weighted by atomic mass is 32.2. The lowest BCUT2D eigenvalue weighted by atomic mass is 10.3. The smallest absolute Gasteiger partial charge is 0.297 e. The second-order valence-electron chi connectivity index (χ2n) is 4.52. The second kappa shape index (κ2) is 10.7. The van der Waals surface area contributed by atoms with Crippen molar-refractivity contribution in [1.82, 2.24) is 0 Å². The molecular weight excluding hydrogens is 292 g/mol. The summed E-state index contributed by atoms with van der Waals surface area (Å²) < 4.78 is 39.0. The van der Waals surface area contributed by atoms with Crippen molar-refractivity contribution < 1.29 is 22.1 Å². The van der Waals surface area contributed by atoms with Gasteiger partial charge in [-0.1, -0.05) is 38.0 Å². The fraction of sp³-hybridized carbons (Fsp3) is 0.600. The van der Waals surface area contributed by atoms with Crippen molar-refractivity contribution >= 4 is 10.1 Å². The zero-order chi connectivity index (χ0) is 15.4. The summed E-state index contributed by atoms with van der Waals surface area (Å²) in [6.45, 7) is 4.09. The molecule has 0 aliphatic rings. The molecule has 5 nitrogen and oxygen atoms in total. The van der Waals surface area contributed by atoms with Crippen LogP contribution in [0.25, 0.3) is 0 Å². The number of benzene rings is 1. The zero-order valence-electron chi connectivity index (χ0n) is 12.5. The molecule has 0 bridgehead atoms. The topological polar surface area (TPSA) is 61.8 Å². The minimum Gasteiger partial charge on any atom is -0.379 e. The van der Waals surface area contributed by atoms with Gasteiger partial charge in [-0.3, -0.25) is 4.18 Å². The maximum Gasteiger partial charge on any atom is 0.297 e. The molecule has 0 N–H and O–H groups in total. The normalized spacial score (nSPS) is 11.7. The van der Waals surface area contributed by atoms with Crippen LogP contribution in [0, 0.1) is 0 Å². The Morgan fingerprint density at radius 2 is 1.48 bits per heavy atom. The minimum absolute atomic E-state index is 0.00701. The van der Waals surface area contributed by atoms with Crippen LogP contribution < -0.4 is 0 Å². The molecule has 0 saturated carbocycles. The maximum absolute atomic E-state index is 11.8. The van der Waals surface area contributed by atoms with Crippen molar-refractivity contribution in [2.45, 2.75) is 31.1 Å². The molecule has 120 valence electrons. The van der Waals surface area contributed by atoms with E-state index in [0.717, 1.165) is 13.0 Å². The molecule has 0 spiro atoms. The number of hydrogen-bond acceptors (Lipinski definition) is 5. The van der Waals surface area contributed by atoms with Crippen LogP contribution in [-0.2, 0) is 23.8 Å². The zero-order valence-corrected chi connectivity index (χ0v) is 13.3. The SMILES string of the molecule is CCCCCOCCOCCOS(=O)(=O)c1ccccc1. The van der Waals surface area contributed by atoms with Crippen molar-refractivity contribution in [1.29, 1.82) is 0 Å². The van der Waals surface area contributed by atoms with Crippen LogP contribution in [0.2, 0.25) is 0 Å². The van der Waals surface area contributed by atoms with Crippen LogP contribution in [0.1, 0.15) is 26.2 Å². The third-order valence-corrected chi connectivity index (χ3v) is 4.09. The van der Waals surface area contributed by atoms with Gasteiger partial charge in [0.2, 0.25) is 0 Å². The van der Waals surface area contributed by atoms with Crippen molar-refractivity contribution in [2.24, 2.45) is 0 Å². The first-order valence-electron chi connectivity index (χ1n) is 7.27. The van der Waals surface area contributed by atoms with Crippen molar-refractivity contribution in [3.8, 4) is 0 Å². The predicted octanol–water partition coefficient (Wildman–Crippen LogP) is 2.62. The molecule has 0 saturated heterocycles. The molecule has 0 aromatic heterocycles. The second-order valence-corrected chi connectivity index (χ2v) is 6.14. The van der Waals surface area contributed by atoms with Gasteiger partial charge in [0.15, 0.2) is 0 Å². The highest BCUT2D eigenvalue weighted by Gasteiger charge is 2.13. The highest BCUT2D eigenvalue weighted by molar-refractivity contribution is 7.86. The molecule has 0 unspecified atom stereocenters. The van der Waals surface area contributed by atoms with Gasteiger partial charge in [-0.05, 0) is 18.6 Å². The third-order valence-electron chi connectivity index (χ3n) is 2.76. The van der Waals surface area contributed by atoms with Crippen molar-refractivity contribution in [2.75, 3.05) is 33.0 Å². The van der Waals surface area contributed by atoms with E-state index in [9.17, 15) is 8.42 Å². The number of rotatable bonds is 12. The summed E-state index contributed by atoms with van der Waals surface area (Å²) in [5.74, 6) is 0. The van der Waals surface area contributed by atoms with Crippen LogP contribution >= 0.6 is 0 Å². The van der Waals surface area contributed by atoms with E-state index in [2.05, 4.69) is 6.92 Å². The van der Waals surface area contributed by atoms with Gasteiger partial charge >= 0.3 is 0 Å². The summed E-state index contributed by atoms with van der Waals surface area (Å²) in [5.41, 5.74) is 0. The van der Waals surface area contributed by atoms with E-state index in [0.29, 0.717) is 13.2 Å². The van der Waals surface area contributed by atoms with Crippen LogP contribution in [0.3, 0.4) is 0 Å². The van der Waals surface area contributed by atoms with Crippen LogP contribution in [0.5, 0.6) is 0 Å². The van der Waals surface area contributed by atoms with Crippen molar-refractivity contribution in [3.63, 3.8) is 0 Å². The average Bonchev–Trinajstić information content (AvgIpc) is 2.50. The van der Waals surface area contributed by atoms with E-state index in [1.54, 1.807) is 18.2 Å². The van der Waals surface area contributed by atoms with E-state index in [1.165, 1.54) is 25.0 Å². The molecular formula is C15H24O5S. The number of ether oxygens (including phenoxy) is 2. The number of unbranched alkanes of at least 4 members (excludes halogenated alkanes) is 2.